The number of benzene rings is 2. The van der Waals surface area contributed by atoms with Crippen LogP contribution in [-0.4, -0.2) is 57.3 Å². The molecule has 1 unspecified atom stereocenters. The lowest BCUT2D eigenvalue weighted by molar-refractivity contribution is -0.157. The van der Waals surface area contributed by atoms with Crippen LogP contribution in [0.5, 0.6) is 5.75 Å². The van der Waals surface area contributed by atoms with Crippen LogP contribution in [0.3, 0.4) is 0 Å². The number of carbonyl (C=O) groups excluding carboxylic acids is 2. The monoisotopic (exact) mass is 484 g/mol. The van der Waals surface area contributed by atoms with Crippen molar-refractivity contribution in [1.29, 1.82) is 0 Å². The Morgan fingerprint density at radius 3 is 2.46 bits per heavy atom. The number of carbonyl (C=O) groups is 2. The summed E-state index contributed by atoms with van der Waals surface area (Å²) < 4.78 is 24.5. The largest absolute Gasteiger partial charge is 0.496 e. The van der Waals surface area contributed by atoms with Crippen LogP contribution in [-0.2, 0) is 20.7 Å². The van der Waals surface area contributed by atoms with Crippen molar-refractivity contribution in [2.75, 3.05) is 12.4 Å². The first-order valence-electron chi connectivity index (χ1n) is 11.0. The molecule has 2 atom stereocenters. The number of H-pyrrole nitrogens is 1. The summed E-state index contributed by atoms with van der Waals surface area (Å²) >= 11 is 0. The minimum absolute atomic E-state index is 0.0836. The highest BCUT2D eigenvalue weighted by Gasteiger charge is 2.28. The number of halogens is 1. The lowest BCUT2D eigenvalue weighted by Gasteiger charge is -2.25. The Hall–Kier alpha value is -3.86. The summed E-state index contributed by atoms with van der Waals surface area (Å²) in [6, 6.07) is 10.0. The number of rotatable bonds is 9. The molecule has 3 rings (SSSR count). The Morgan fingerprint density at radius 2 is 1.86 bits per heavy atom. The number of aromatic amines is 1. The number of nitrogens with one attached hydrogen (secondary N) is 3. The van der Waals surface area contributed by atoms with Gasteiger partial charge in [0.2, 0.25) is 11.9 Å². The van der Waals surface area contributed by atoms with Crippen LogP contribution >= 0.6 is 0 Å². The van der Waals surface area contributed by atoms with Crippen LogP contribution < -0.4 is 15.4 Å². The highest BCUT2D eigenvalue weighted by atomic mass is 19.1. The molecule has 3 aromatic rings. The molecule has 0 saturated carbocycles. The Bertz CT molecular complexity index is 1150. The summed E-state index contributed by atoms with van der Waals surface area (Å²) in [5.41, 5.74) is 1.52. The fraction of sp³-hybridized carbons (Fsp3) is 0.375. The van der Waals surface area contributed by atoms with Gasteiger partial charge in [-0.3, -0.25) is 20.2 Å². The van der Waals surface area contributed by atoms with Crippen LogP contribution in [0.1, 0.15) is 33.3 Å². The second kappa shape index (κ2) is 11.0. The maximum absolute atomic E-state index is 13.8. The molecule has 2 aromatic carbocycles. The number of nitrogens with zero attached hydrogens (tertiary/aromatic N) is 3. The first-order valence-corrected chi connectivity index (χ1v) is 11.0. The molecule has 0 saturated heterocycles. The van der Waals surface area contributed by atoms with Crippen molar-refractivity contribution in [3.63, 3.8) is 0 Å². The third kappa shape index (κ3) is 7.31. The van der Waals surface area contributed by atoms with E-state index in [2.05, 4.69) is 31.3 Å². The van der Waals surface area contributed by atoms with Gasteiger partial charge in [-0.1, -0.05) is 29.4 Å². The van der Waals surface area contributed by atoms with Gasteiger partial charge in [0.1, 0.15) is 23.2 Å². The van der Waals surface area contributed by atoms with Gasteiger partial charge in [-0.05, 0) is 73.9 Å². The molecular weight excluding hydrogens is 455 g/mol. The van der Waals surface area contributed by atoms with E-state index >= 15 is 0 Å². The van der Waals surface area contributed by atoms with E-state index in [-0.39, 0.29) is 18.2 Å². The quantitative estimate of drug-likeness (QED) is 0.395. The highest BCUT2D eigenvalue weighted by molar-refractivity contribution is 5.94. The van der Waals surface area contributed by atoms with Gasteiger partial charge in [0, 0.05) is 5.56 Å². The highest BCUT2D eigenvalue weighted by Crippen LogP contribution is 2.31. The molecule has 0 aliphatic carbocycles. The van der Waals surface area contributed by atoms with Crippen molar-refractivity contribution in [3.05, 3.63) is 53.8 Å². The number of anilines is 1. The molecule has 0 radical (unpaired) electrons. The van der Waals surface area contributed by atoms with Crippen molar-refractivity contribution < 1.29 is 23.5 Å². The Labute approximate surface area is 202 Å². The molecule has 0 aliphatic heterocycles. The van der Waals surface area contributed by atoms with Gasteiger partial charge in [0.15, 0.2) is 0 Å². The minimum atomic E-state index is -0.808. The fourth-order valence-corrected chi connectivity index (χ4v) is 3.37. The zero-order valence-electron chi connectivity index (χ0n) is 20.3. The molecular formula is C24H29FN6O4. The molecule has 1 aromatic heterocycles. The van der Waals surface area contributed by atoms with Gasteiger partial charge < -0.3 is 9.47 Å². The summed E-state index contributed by atoms with van der Waals surface area (Å²) in [5.74, 6) is -0.658. The number of ether oxygens (including phenoxy) is 2. The van der Waals surface area contributed by atoms with E-state index in [4.69, 9.17) is 9.47 Å². The van der Waals surface area contributed by atoms with Crippen molar-refractivity contribution in [1.82, 2.24) is 25.9 Å². The molecule has 0 aliphatic rings. The molecule has 35 heavy (non-hydrogen) atoms. The predicted molar refractivity (Wildman–Crippen MR) is 127 cm³/mol. The zero-order valence-corrected chi connectivity index (χ0v) is 20.3. The van der Waals surface area contributed by atoms with Crippen molar-refractivity contribution in [2.45, 2.75) is 51.8 Å². The Balaban J connectivity index is 1.79. The van der Waals surface area contributed by atoms with E-state index in [1.54, 1.807) is 33.8 Å². The minimum Gasteiger partial charge on any atom is -0.496 e. The topological polar surface area (TPSA) is 131 Å². The fourth-order valence-electron chi connectivity index (χ4n) is 3.37. The van der Waals surface area contributed by atoms with Crippen LogP contribution in [0.25, 0.3) is 11.1 Å². The number of aromatic nitrogens is 4. The van der Waals surface area contributed by atoms with Gasteiger partial charge in [-0.2, -0.15) is 0 Å². The Morgan fingerprint density at radius 1 is 1.14 bits per heavy atom. The molecule has 0 fully saturated rings. The smallest absolute Gasteiger partial charge is 0.323 e. The maximum Gasteiger partial charge on any atom is 0.323 e. The first-order chi connectivity index (χ1) is 16.6. The van der Waals surface area contributed by atoms with Crippen molar-refractivity contribution in [3.8, 4) is 16.9 Å². The lowest BCUT2D eigenvalue weighted by atomic mass is 9.99. The second-order valence-electron chi connectivity index (χ2n) is 8.96. The van der Waals surface area contributed by atoms with Gasteiger partial charge in [0.25, 0.3) is 0 Å². The first kappa shape index (κ1) is 25.8. The van der Waals surface area contributed by atoms with E-state index in [0.717, 1.165) is 11.1 Å². The molecule has 186 valence electrons. The van der Waals surface area contributed by atoms with Crippen LogP contribution in [0.15, 0.2) is 42.5 Å². The van der Waals surface area contributed by atoms with E-state index in [1.807, 2.05) is 24.3 Å². The normalized spacial score (nSPS) is 13.1. The SMILES string of the molecule is COc1ccc(F)cc1-c1ccc(C[C@H](NC(C)C(=O)OC(C)(C)C)C(=O)Nc2nnn[nH]2)cc1. The van der Waals surface area contributed by atoms with Gasteiger partial charge in [0.05, 0.1) is 13.2 Å². The number of esters is 1. The number of amides is 1. The van der Waals surface area contributed by atoms with Crippen LogP contribution in [0.4, 0.5) is 10.3 Å². The molecule has 0 spiro atoms. The summed E-state index contributed by atoms with van der Waals surface area (Å²) in [7, 11) is 1.52. The number of tetrazole rings is 1. The third-order valence-corrected chi connectivity index (χ3v) is 4.98. The van der Waals surface area contributed by atoms with Gasteiger partial charge in [-0.15, -0.1) is 0 Å². The third-order valence-electron chi connectivity index (χ3n) is 4.98. The number of hydrogen-bond donors (Lipinski definition) is 3. The number of hydrogen-bond acceptors (Lipinski definition) is 8. The Kier molecular flexibility index (Phi) is 8.13. The summed E-state index contributed by atoms with van der Waals surface area (Å²) in [4.78, 5) is 25.4. The van der Waals surface area contributed by atoms with Crippen LogP contribution in [0.2, 0.25) is 0 Å². The average Bonchev–Trinajstić information content (AvgIpc) is 3.31. The molecule has 1 amide bonds. The van der Waals surface area contributed by atoms with Gasteiger partial charge in [-0.25, -0.2) is 9.49 Å². The van der Waals surface area contributed by atoms with Crippen molar-refractivity contribution >= 4 is 17.8 Å². The van der Waals surface area contributed by atoms with E-state index < -0.39 is 29.6 Å². The standard InChI is InChI=1S/C24H29FN6O4/c1-14(22(33)35-24(2,3)4)26-19(21(32)27-23-28-30-31-29-23)12-15-6-8-16(9-7-15)18-13-17(25)10-11-20(18)34-5/h6-11,13-14,19,26H,12H2,1-5H3,(H2,27,28,29,30,31,32)/t14?,19-/m0/s1. The van der Waals surface area contributed by atoms with E-state index in [9.17, 15) is 14.0 Å². The maximum atomic E-state index is 13.8. The van der Waals surface area contributed by atoms with E-state index in [1.165, 1.54) is 19.2 Å². The number of methoxy groups -OCH3 is 1. The average molecular weight is 485 g/mol. The molecule has 0 bridgehead atoms. The summed E-state index contributed by atoms with van der Waals surface area (Å²) in [5, 5.41) is 18.6. The predicted octanol–water partition coefficient (Wildman–Crippen LogP) is 2.88. The molecule has 11 heteroatoms. The van der Waals surface area contributed by atoms with E-state index in [0.29, 0.717) is 11.3 Å². The van der Waals surface area contributed by atoms with Gasteiger partial charge >= 0.3 is 5.97 Å². The second-order valence-corrected chi connectivity index (χ2v) is 8.96. The summed E-state index contributed by atoms with van der Waals surface area (Å²) in [6.45, 7) is 6.94. The zero-order chi connectivity index (χ0) is 25.6. The van der Waals surface area contributed by atoms with Crippen LogP contribution in [0, 0.1) is 5.82 Å². The molecule has 10 nitrogen and oxygen atoms in total. The summed E-state index contributed by atoms with van der Waals surface area (Å²) in [6.07, 6.45) is 0.251. The molecule has 1 heterocycles. The van der Waals surface area contributed by atoms with Crippen molar-refractivity contribution in [2.24, 2.45) is 0 Å². The molecule has 3 N–H and O–H groups in total. The lowest BCUT2D eigenvalue weighted by Crippen LogP contribution is -2.50.